The van der Waals surface area contributed by atoms with E-state index in [0.29, 0.717) is 18.6 Å². The van der Waals surface area contributed by atoms with Gasteiger partial charge in [-0.15, -0.1) is 12.3 Å². The van der Waals surface area contributed by atoms with Gasteiger partial charge in [0.2, 0.25) is 0 Å². The molecule has 1 aliphatic carbocycles. The molecule has 53 valence electrons. The highest BCUT2D eigenvalue weighted by Gasteiger charge is 2.30. The highest BCUT2D eigenvalue weighted by Crippen LogP contribution is 2.31. The number of carbonyl (C=O) groups excluding carboxylic acids is 1. The summed E-state index contributed by atoms with van der Waals surface area (Å²) in [5, 5.41) is 0. The first-order valence-corrected chi connectivity index (χ1v) is 3.54. The molecule has 1 fully saturated rings. The van der Waals surface area contributed by atoms with Crippen LogP contribution in [0.5, 0.6) is 0 Å². The van der Waals surface area contributed by atoms with E-state index in [0.717, 1.165) is 6.42 Å². The first-order valence-electron chi connectivity index (χ1n) is 3.54. The van der Waals surface area contributed by atoms with Gasteiger partial charge in [-0.05, 0) is 12.3 Å². The van der Waals surface area contributed by atoms with Crippen LogP contribution in [-0.4, -0.2) is 5.78 Å². The van der Waals surface area contributed by atoms with E-state index in [1.807, 2.05) is 6.92 Å². The fraction of sp³-hybridized carbons (Fsp3) is 0.556. The molecule has 0 aliphatic heterocycles. The summed E-state index contributed by atoms with van der Waals surface area (Å²) in [4.78, 5) is 11.1. The fourth-order valence-corrected chi connectivity index (χ4v) is 1.35. The molecule has 0 spiro atoms. The van der Waals surface area contributed by atoms with Crippen molar-refractivity contribution in [3.05, 3.63) is 5.92 Å². The summed E-state index contributed by atoms with van der Waals surface area (Å²) in [6.07, 6.45) is 7.38. The summed E-state index contributed by atoms with van der Waals surface area (Å²) in [6, 6.07) is 0. The van der Waals surface area contributed by atoms with Crippen molar-refractivity contribution in [3.63, 3.8) is 0 Å². The Morgan fingerprint density at radius 1 is 1.70 bits per heavy atom. The van der Waals surface area contributed by atoms with Gasteiger partial charge in [0.05, 0.1) is 0 Å². The fourth-order valence-electron chi connectivity index (χ4n) is 1.35. The van der Waals surface area contributed by atoms with Gasteiger partial charge in [-0.3, -0.25) is 4.79 Å². The summed E-state index contributed by atoms with van der Waals surface area (Å²) in [6.45, 7) is 2.02. The zero-order valence-electron chi connectivity index (χ0n) is 6.18. The van der Waals surface area contributed by atoms with Gasteiger partial charge >= 0.3 is 0 Å². The average Bonchev–Trinajstić information content (AvgIpc) is 2.20. The summed E-state index contributed by atoms with van der Waals surface area (Å²) < 4.78 is 0. The predicted octanol–water partition coefficient (Wildman–Crippen LogP) is 1.58. The molecule has 0 aromatic heterocycles. The van der Waals surface area contributed by atoms with E-state index in [1.54, 1.807) is 0 Å². The standard InChI is InChI=1S/C9H11O/c1-3-4-8-7(2)5-6-9(8)10/h1,8H,4-6H2,2H3/t8-/m0/s1. The van der Waals surface area contributed by atoms with Crippen LogP contribution >= 0.6 is 0 Å². The lowest BCUT2D eigenvalue weighted by Crippen LogP contribution is -2.09. The van der Waals surface area contributed by atoms with Gasteiger partial charge in [0.25, 0.3) is 0 Å². The second-order valence-electron chi connectivity index (χ2n) is 2.77. The number of terminal acetylenes is 1. The second-order valence-corrected chi connectivity index (χ2v) is 2.77. The molecule has 0 saturated heterocycles. The van der Waals surface area contributed by atoms with Crippen LogP contribution in [0.2, 0.25) is 0 Å². The van der Waals surface area contributed by atoms with Crippen molar-refractivity contribution in [1.82, 2.24) is 0 Å². The molecule has 1 radical (unpaired) electrons. The van der Waals surface area contributed by atoms with Crippen LogP contribution in [0, 0.1) is 24.2 Å². The number of hydrogen-bond donors (Lipinski definition) is 0. The Hall–Kier alpha value is -0.770. The van der Waals surface area contributed by atoms with Crippen LogP contribution in [0.4, 0.5) is 0 Å². The van der Waals surface area contributed by atoms with Crippen molar-refractivity contribution in [2.75, 3.05) is 0 Å². The molecule has 10 heavy (non-hydrogen) atoms. The molecule has 0 unspecified atom stereocenters. The van der Waals surface area contributed by atoms with Gasteiger partial charge < -0.3 is 0 Å². The Bertz CT molecular complexity index is 176. The Morgan fingerprint density at radius 3 is 2.80 bits per heavy atom. The van der Waals surface area contributed by atoms with Gasteiger partial charge in [-0.25, -0.2) is 0 Å². The number of carbonyl (C=O) groups is 1. The summed E-state index contributed by atoms with van der Waals surface area (Å²) >= 11 is 0. The van der Waals surface area contributed by atoms with Crippen molar-refractivity contribution in [2.24, 2.45) is 5.92 Å². The van der Waals surface area contributed by atoms with Gasteiger partial charge in [0, 0.05) is 18.8 Å². The first-order chi connectivity index (χ1) is 4.75. The summed E-state index contributed by atoms with van der Waals surface area (Å²) in [5.74, 6) is 4.21. The van der Waals surface area contributed by atoms with Crippen molar-refractivity contribution in [3.8, 4) is 12.3 Å². The lowest BCUT2D eigenvalue weighted by molar-refractivity contribution is -0.120. The molecule has 0 amide bonds. The Labute approximate surface area is 61.8 Å². The molecule has 0 bridgehead atoms. The first kappa shape index (κ1) is 7.34. The average molecular weight is 135 g/mol. The van der Waals surface area contributed by atoms with Gasteiger partial charge in [0.15, 0.2) is 0 Å². The van der Waals surface area contributed by atoms with Crippen LogP contribution in [0.15, 0.2) is 0 Å². The van der Waals surface area contributed by atoms with Crippen molar-refractivity contribution in [2.45, 2.75) is 26.2 Å². The molecule has 0 heterocycles. The highest BCUT2D eigenvalue weighted by molar-refractivity contribution is 5.86. The molecule has 0 N–H and O–H groups in total. The zero-order valence-corrected chi connectivity index (χ0v) is 6.18. The third kappa shape index (κ3) is 1.21. The Kier molecular flexibility index (Phi) is 2.11. The van der Waals surface area contributed by atoms with Gasteiger partial charge in [0.1, 0.15) is 5.78 Å². The minimum Gasteiger partial charge on any atom is -0.299 e. The van der Waals surface area contributed by atoms with Crippen molar-refractivity contribution < 1.29 is 4.79 Å². The number of hydrogen-bond acceptors (Lipinski definition) is 1. The summed E-state index contributed by atoms with van der Waals surface area (Å²) in [5.41, 5.74) is 0. The van der Waals surface area contributed by atoms with E-state index >= 15 is 0 Å². The number of Topliss-reactive ketones (excluding diaryl/α,β-unsaturated/α-hetero) is 1. The molecular weight excluding hydrogens is 124 g/mol. The highest BCUT2D eigenvalue weighted by atomic mass is 16.1. The van der Waals surface area contributed by atoms with E-state index in [4.69, 9.17) is 6.42 Å². The molecule has 0 aromatic carbocycles. The van der Waals surface area contributed by atoms with Crippen molar-refractivity contribution in [1.29, 1.82) is 0 Å². The minimum atomic E-state index is 0.0880. The predicted molar refractivity (Wildman–Crippen MR) is 40.1 cm³/mol. The molecular formula is C9H11O. The number of rotatable bonds is 1. The van der Waals surface area contributed by atoms with E-state index in [-0.39, 0.29) is 5.92 Å². The van der Waals surface area contributed by atoms with Crippen LogP contribution in [-0.2, 0) is 4.79 Å². The van der Waals surface area contributed by atoms with Gasteiger partial charge in [-0.1, -0.05) is 6.92 Å². The molecule has 1 aliphatic rings. The van der Waals surface area contributed by atoms with E-state index < -0.39 is 0 Å². The van der Waals surface area contributed by atoms with Gasteiger partial charge in [-0.2, -0.15) is 0 Å². The SMILES string of the molecule is C#CC[C@H]1[C](C)CCC1=O. The summed E-state index contributed by atoms with van der Waals surface area (Å²) in [7, 11) is 0. The van der Waals surface area contributed by atoms with Crippen LogP contribution < -0.4 is 0 Å². The van der Waals surface area contributed by atoms with Crippen LogP contribution in [0.3, 0.4) is 0 Å². The molecule has 1 saturated carbocycles. The van der Waals surface area contributed by atoms with Crippen LogP contribution in [0.1, 0.15) is 26.2 Å². The minimum absolute atomic E-state index is 0.0880. The third-order valence-corrected chi connectivity index (χ3v) is 2.07. The Balaban J connectivity index is 2.56. The van der Waals surface area contributed by atoms with E-state index in [9.17, 15) is 4.79 Å². The lowest BCUT2D eigenvalue weighted by Gasteiger charge is -2.07. The molecule has 1 atom stereocenters. The second kappa shape index (κ2) is 2.88. The quantitative estimate of drug-likeness (QED) is 0.499. The third-order valence-electron chi connectivity index (χ3n) is 2.07. The molecule has 1 rings (SSSR count). The smallest absolute Gasteiger partial charge is 0.137 e. The Morgan fingerprint density at radius 2 is 2.40 bits per heavy atom. The zero-order chi connectivity index (χ0) is 7.56. The van der Waals surface area contributed by atoms with E-state index in [2.05, 4.69) is 5.92 Å². The van der Waals surface area contributed by atoms with Crippen molar-refractivity contribution >= 4 is 5.78 Å². The number of ketones is 1. The van der Waals surface area contributed by atoms with E-state index in [1.165, 1.54) is 5.92 Å². The maximum atomic E-state index is 11.1. The maximum Gasteiger partial charge on any atom is 0.137 e. The van der Waals surface area contributed by atoms with Crippen LogP contribution in [0.25, 0.3) is 0 Å². The largest absolute Gasteiger partial charge is 0.299 e. The molecule has 1 heteroatoms. The topological polar surface area (TPSA) is 17.1 Å². The molecule has 0 aromatic rings. The molecule has 1 nitrogen and oxygen atoms in total. The lowest BCUT2D eigenvalue weighted by atomic mass is 9.95. The maximum absolute atomic E-state index is 11.1. The monoisotopic (exact) mass is 135 g/mol. The normalized spacial score (nSPS) is 26.8.